The van der Waals surface area contributed by atoms with Crippen molar-refractivity contribution in [2.45, 2.75) is 25.9 Å². The number of hydrogen-bond acceptors (Lipinski definition) is 4. The van der Waals surface area contributed by atoms with Gasteiger partial charge in [0.05, 0.1) is 11.9 Å². The van der Waals surface area contributed by atoms with Gasteiger partial charge in [0.2, 0.25) is 10.0 Å². The third-order valence-electron chi connectivity index (χ3n) is 4.20. The number of carbonyl (C=O) groups is 1. The summed E-state index contributed by atoms with van der Waals surface area (Å²) in [5, 5.41) is 2.90. The Labute approximate surface area is 161 Å². The second kappa shape index (κ2) is 9.41. The number of carbonyl (C=O) groups excluding carboxylic acids is 1. The van der Waals surface area contributed by atoms with Crippen LogP contribution in [0.2, 0.25) is 0 Å². The van der Waals surface area contributed by atoms with Crippen molar-refractivity contribution < 1.29 is 17.9 Å². The van der Waals surface area contributed by atoms with Crippen molar-refractivity contribution in [1.29, 1.82) is 0 Å². The fraction of sp³-hybridized carbons (Fsp3) is 0.350. The van der Waals surface area contributed by atoms with Crippen LogP contribution < -0.4 is 14.4 Å². The lowest BCUT2D eigenvalue weighted by molar-refractivity contribution is -0.128. The molecule has 0 heterocycles. The summed E-state index contributed by atoms with van der Waals surface area (Å²) in [4.78, 5) is 12.4. The van der Waals surface area contributed by atoms with Gasteiger partial charge in [-0.15, -0.1) is 0 Å². The molecule has 146 valence electrons. The lowest BCUT2D eigenvalue weighted by atomic mass is 10.1. The highest BCUT2D eigenvalue weighted by Gasteiger charge is 2.18. The highest BCUT2D eigenvalue weighted by Crippen LogP contribution is 2.21. The van der Waals surface area contributed by atoms with Gasteiger partial charge in [0, 0.05) is 13.6 Å². The van der Waals surface area contributed by atoms with E-state index in [4.69, 9.17) is 4.74 Å². The first-order valence-corrected chi connectivity index (χ1v) is 10.7. The van der Waals surface area contributed by atoms with E-state index in [1.807, 2.05) is 37.3 Å². The number of rotatable bonds is 9. The van der Waals surface area contributed by atoms with Crippen molar-refractivity contribution in [2.75, 3.05) is 24.2 Å². The summed E-state index contributed by atoms with van der Waals surface area (Å²) in [5.41, 5.74) is 1.70. The molecule has 0 fully saturated rings. The Morgan fingerprint density at radius 3 is 2.30 bits per heavy atom. The molecule has 0 aliphatic carbocycles. The maximum absolute atomic E-state index is 12.4. The average Bonchev–Trinajstić information content (AvgIpc) is 2.66. The van der Waals surface area contributed by atoms with Crippen LogP contribution in [-0.4, -0.2) is 40.3 Å². The van der Waals surface area contributed by atoms with Crippen LogP contribution in [0.5, 0.6) is 5.75 Å². The van der Waals surface area contributed by atoms with Crippen molar-refractivity contribution in [3.05, 3.63) is 60.2 Å². The molecule has 27 heavy (non-hydrogen) atoms. The predicted molar refractivity (Wildman–Crippen MR) is 108 cm³/mol. The fourth-order valence-corrected chi connectivity index (χ4v) is 3.01. The second-order valence-corrected chi connectivity index (χ2v) is 8.28. The molecule has 0 spiro atoms. The van der Waals surface area contributed by atoms with E-state index in [0.717, 1.165) is 18.2 Å². The van der Waals surface area contributed by atoms with Crippen LogP contribution in [0.15, 0.2) is 54.6 Å². The molecule has 6 nitrogen and oxygen atoms in total. The summed E-state index contributed by atoms with van der Waals surface area (Å²) in [7, 11) is -1.83. The lowest BCUT2D eigenvalue weighted by Crippen LogP contribution is -2.38. The van der Waals surface area contributed by atoms with E-state index < -0.39 is 16.1 Å². The third-order valence-corrected chi connectivity index (χ3v) is 5.40. The fourth-order valence-electron chi connectivity index (χ4n) is 2.50. The molecule has 0 saturated carbocycles. The van der Waals surface area contributed by atoms with Crippen LogP contribution in [0.1, 0.15) is 18.9 Å². The number of anilines is 1. The number of benzene rings is 2. The summed E-state index contributed by atoms with van der Waals surface area (Å²) in [6, 6.07) is 16.6. The Balaban J connectivity index is 1.90. The van der Waals surface area contributed by atoms with Crippen LogP contribution in [0, 0.1) is 0 Å². The first-order chi connectivity index (χ1) is 12.8. The Hall–Kier alpha value is -2.54. The minimum Gasteiger partial charge on any atom is -0.481 e. The summed E-state index contributed by atoms with van der Waals surface area (Å²) >= 11 is 0. The summed E-state index contributed by atoms with van der Waals surface area (Å²) < 4.78 is 30.1. The zero-order chi connectivity index (χ0) is 19.9. The zero-order valence-electron chi connectivity index (χ0n) is 15.9. The number of nitrogens with one attached hydrogen (secondary N) is 1. The maximum Gasteiger partial charge on any atom is 0.261 e. The summed E-state index contributed by atoms with van der Waals surface area (Å²) in [6.45, 7) is 2.42. The molecule has 7 heteroatoms. The van der Waals surface area contributed by atoms with E-state index in [1.165, 1.54) is 11.4 Å². The molecule has 2 aromatic carbocycles. The van der Waals surface area contributed by atoms with Gasteiger partial charge in [0.25, 0.3) is 5.91 Å². The standard InChI is InChI=1S/C20H26N2O4S/c1-4-19(20(23)21-15-14-16-8-6-5-7-9-16)26-18-12-10-17(11-13-18)22(2)27(3,24)25/h5-13,19H,4,14-15H2,1-3H3,(H,21,23)/t19-/m1/s1. The van der Waals surface area contributed by atoms with E-state index in [2.05, 4.69) is 5.32 Å². The van der Waals surface area contributed by atoms with Gasteiger partial charge in [-0.3, -0.25) is 9.10 Å². The Kier molecular flexibility index (Phi) is 7.24. The minimum absolute atomic E-state index is 0.161. The van der Waals surface area contributed by atoms with Gasteiger partial charge in [-0.1, -0.05) is 37.3 Å². The monoisotopic (exact) mass is 390 g/mol. The van der Waals surface area contributed by atoms with Gasteiger partial charge in [0.15, 0.2) is 6.10 Å². The number of sulfonamides is 1. The smallest absolute Gasteiger partial charge is 0.261 e. The van der Waals surface area contributed by atoms with Crippen LogP contribution in [0.4, 0.5) is 5.69 Å². The Morgan fingerprint density at radius 2 is 1.74 bits per heavy atom. The molecule has 1 atom stereocenters. The summed E-state index contributed by atoms with van der Waals surface area (Å²) in [5.74, 6) is 0.358. The maximum atomic E-state index is 12.4. The van der Waals surface area contributed by atoms with Gasteiger partial charge in [-0.2, -0.15) is 0 Å². The lowest BCUT2D eigenvalue weighted by Gasteiger charge is -2.19. The Morgan fingerprint density at radius 1 is 1.11 bits per heavy atom. The van der Waals surface area contributed by atoms with Crippen LogP contribution >= 0.6 is 0 Å². The van der Waals surface area contributed by atoms with E-state index in [-0.39, 0.29) is 5.91 Å². The molecule has 0 saturated heterocycles. The molecule has 0 unspecified atom stereocenters. The highest BCUT2D eigenvalue weighted by molar-refractivity contribution is 7.92. The second-order valence-electron chi connectivity index (χ2n) is 6.27. The quantitative estimate of drug-likeness (QED) is 0.714. The van der Waals surface area contributed by atoms with E-state index in [1.54, 1.807) is 24.3 Å². The van der Waals surface area contributed by atoms with Gasteiger partial charge < -0.3 is 10.1 Å². The first kappa shape index (κ1) is 20.8. The van der Waals surface area contributed by atoms with E-state index in [9.17, 15) is 13.2 Å². The first-order valence-electron chi connectivity index (χ1n) is 8.83. The molecule has 2 aromatic rings. The normalized spacial score (nSPS) is 12.3. The van der Waals surface area contributed by atoms with Crippen LogP contribution in [0.3, 0.4) is 0 Å². The number of amides is 1. The van der Waals surface area contributed by atoms with Crippen molar-refractivity contribution in [2.24, 2.45) is 0 Å². The van der Waals surface area contributed by atoms with E-state index in [0.29, 0.717) is 24.4 Å². The topological polar surface area (TPSA) is 75.7 Å². The molecule has 1 amide bonds. The number of hydrogen-bond donors (Lipinski definition) is 1. The van der Waals surface area contributed by atoms with Gasteiger partial charge >= 0.3 is 0 Å². The SMILES string of the molecule is CC[C@@H](Oc1ccc(N(C)S(C)(=O)=O)cc1)C(=O)NCCc1ccccc1. The van der Waals surface area contributed by atoms with Crippen LogP contribution in [0.25, 0.3) is 0 Å². The number of ether oxygens (including phenoxy) is 1. The summed E-state index contributed by atoms with van der Waals surface area (Å²) in [6.07, 6.45) is 1.83. The van der Waals surface area contributed by atoms with Crippen LogP contribution in [-0.2, 0) is 21.2 Å². The predicted octanol–water partition coefficient (Wildman–Crippen LogP) is 2.60. The van der Waals surface area contributed by atoms with Crippen molar-refractivity contribution >= 4 is 21.6 Å². The molecular weight excluding hydrogens is 364 g/mol. The largest absolute Gasteiger partial charge is 0.481 e. The highest BCUT2D eigenvalue weighted by atomic mass is 32.2. The number of nitrogens with zero attached hydrogens (tertiary/aromatic N) is 1. The van der Waals surface area contributed by atoms with Crippen molar-refractivity contribution in [3.8, 4) is 5.75 Å². The molecule has 0 aliphatic rings. The molecule has 0 aliphatic heterocycles. The molecule has 0 radical (unpaired) electrons. The van der Waals surface area contributed by atoms with Crippen molar-refractivity contribution in [1.82, 2.24) is 5.32 Å². The average molecular weight is 391 g/mol. The zero-order valence-corrected chi connectivity index (χ0v) is 16.7. The molecular formula is C20H26N2O4S. The Bertz CT molecular complexity index is 836. The van der Waals surface area contributed by atoms with E-state index >= 15 is 0 Å². The molecule has 0 aromatic heterocycles. The molecule has 0 bridgehead atoms. The third kappa shape index (κ3) is 6.29. The minimum atomic E-state index is -3.31. The van der Waals surface area contributed by atoms with Gasteiger partial charge in [0.1, 0.15) is 5.75 Å². The van der Waals surface area contributed by atoms with Gasteiger partial charge in [-0.25, -0.2) is 8.42 Å². The van der Waals surface area contributed by atoms with Crippen molar-refractivity contribution in [3.63, 3.8) is 0 Å². The molecule has 1 N–H and O–H groups in total. The molecule has 2 rings (SSSR count). The van der Waals surface area contributed by atoms with Gasteiger partial charge in [-0.05, 0) is 42.7 Å².